The van der Waals surface area contributed by atoms with Gasteiger partial charge in [-0.2, -0.15) is 0 Å². The number of carbonyl (C=O) groups excluding carboxylic acids is 1. The first-order valence-electron chi connectivity index (χ1n) is 9.45. The van der Waals surface area contributed by atoms with Gasteiger partial charge in [0.25, 0.3) is 0 Å². The van der Waals surface area contributed by atoms with Gasteiger partial charge in [-0.3, -0.25) is 4.79 Å². The summed E-state index contributed by atoms with van der Waals surface area (Å²) < 4.78 is 8.91. The molecule has 0 fully saturated rings. The Hall–Kier alpha value is -1.82. The molecule has 1 aliphatic rings. The summed E-state index contributed by atoms with van der Waals surface area (Å²) in [7, 11) is 0. The largest absolute Gasteiger partial charge is 0.493 e. The van der Waals surface area contributed by atoms with Crippen LogP contribution in [0.4, 0.5) is 0 Å². The summed E-state index contributed by atoms with van der Waals surface area (Å²) in [6, 6.07) is 11.6. The SMILES string of the molecule is CC[C@@H](N)Cn1cc(C(=O)C2COc3ccc(Cl)cc3C2)c2ccc(Br)cc21. The molecule has 3 aromatic rings. The lowest BCUT2D eigenvalue weighted by Gasteiger charge is -2.24. The van der Waals surface area contributed by atoms with Crippen LogP contribution in [0.1, 0.15) is 29.3 Å². The zero-order valence-corrected chi connectivity index (χ0v) is 18.0. The Balaban J connectivity index is 1.69. The highest BCUT2D eigenvalue weighted by molar-refractivity contribution is 9.10. The number of Topliss-reactive ketones (excluding diaryl/α,β-unsaturated/α-hetero) is 1. The summed E-state index contributed by atoms with van der Waals surface area (Å²) >= 11 is 9.65. The predicted octanol–water partition coefficient (Wildman–Crippen LogP) is 5.23. The van der Waals surface area contributed by atoms with Gasteiger partial charge in [0.15, 0.2) is 5.78 Å². The molecule has 0 radical (unpaired) electrons. The second kappa shape index (κ2) is 7.90. The van der Waals surface area contributed by atoms with Crippen molar-refractivity contribution in [2.45, 2.75) is 32.4 Å². The number of nitrogens with two attached hydrogens (primary N) is 1. The minimum atomic E-state index is -0.228. The van der Waals surface area contributed by atoms with E-state index in [-0.39, 0.29) is 17.7 Å². The summed E-state index contributed by atoms with van der Waals surface area (Å²) in [6.45, 7) is 3.13. The highest BCUT2D eigenvalue weighted by Gasteiger charge is 2.29. The molecule has 0 spiro atoms. The molecule has 146 valence electrons. The van der Waals surface area contributed by atoms with Gasteiger partial charge in [-0.05, 0) is 48.7 Å². The van der Waals surface area contributed by atoms with E-state index in [1.165, 1.54) is 0 Å². The van der Waals surface area contributed by atoms with Crippen LogP contribution in [-0.2, 0) is 13.0 Å². The lowest BCUT2D eigenvalue weighted by atomic mass is 9.89. The van der Waals surface area contributed by atoms with Gasteiger partial charge < -0.3 is 15.0 Å². The fraction of sp³-hybridized carbons (Fsp3) is 0.318. The van der Waals surface area contributed by atoms with Gasteiger partial charge in [0.2, 0.25) is 0 Å². The average Bonchev–Trinajstić information content (AvgIpc) is 3.04. The second-order valence-electron chi connectivity index (χ2n) is 7.35. The monoisotopic (exact) mass is 460 g/mol. The van der Waals surface area contributed by atoms with Crippen molar-refractivity contribution in [2.24, 2.45) is 11.7 Å². The van der Waals surface area contributed by atoms with Gasteiger partial charge in [-0.15, -0.1) is 0 Å². The number of fused-ring (bicyclic) bond motifs is 2. The molecule has 1 aliphatic heterocycles. The Morgan fingerprint density at radius 3 is 2.96 bits per heavy atom. The summed E-state index contributed by atoms with van der Waals surface area (Å²) in [5.41, 5.74) is 8.90. The first-order valence-corrected chi connectivity index (χ1v) is 10.6. The second-order valence-corrected chi connectivity index (χ2v) is 8.71. The van der Waals surface area contributed by atoms with Crippen LogP contribution in [0.15, 0.2) is 47.1 Å². The molecule has 0 aliphatic carbocycles. The molecule has 0 saturated carbocycles. The van der Waals surface area contributed by atoms with E-state index in [9.17, 15) is 4.79 Å². The summed E-state index contributed by atoms with van der Waals surface area (Å²) in [5, 5.41) is 1.61. The summed E-state index contributed by atoms with van der Waals surface area (Å²) in [6.07, 6.45) is 3.46. The fourth-order valence-electron chi connectivity index (χ4n) is 3.75. The molecule has 1 unspecified atom stereocenters. The highest BCUT2D eigenvalue weighted by atomic mass is 79.9. The van der Waals surface area contributed by atoms with Crippen LogP contribution in [0.2, 0.25) is 5.02 Å². The third kappa shape index (κ3) is 3.71. The molecule has 0 bridgehead atoms. The van der Waals surface area contributed by atoms with Crippen LogP contribution in [-0.4, -0.2) is 23.0 Å². The Morgan fingerprint density at radius 1 is 1.36 bits per heavy atom. The number of hydrogen-bond donors (Lipinski definition) is 1. The Bertz CT molecular complexity index is 1050. The number of benzene rings is 2. The summed E-state index contributed by atoms with van der Waals surface area (Å²) in [4.78, 5) is 13.4. The fourth-order valence-corrected chi connectivity index (χ4v) is 4.29. The maximum atomic E-state index is 13.4. The van der Waals surface area contributed by atoms with Crippen LogP contribution >= 0.6 is 27.5 Å². The van der Waals surface area contributed by atoms with Crippen LogP contribution in [0.25, 0.3) is 10.9 Å². The number of halogens is 2. The third-order valence-corrected chi connectivity index (χ3v) is 6.09. The lowest BCUT2D eigenvalue weighted by molar-refractivity contribution is 0.0856. The molecule has 28 heavy (non-hydrogen) atoms. The molecular weight excluding hydrogens is 440 g/mol. The van der Waals surface area contributed by atoms with Crippen LogP contribution in [0.3, 0.4) is 0 Å². The number of ketones is 1. The molecular formula is C22H22BrClN2O2. The minimum absolute atomic E-state index is 0.0459. The van der Waals surface area contributed by atoms with E-state index in [2.05, 4.69) is 27.4 Å². The normalized spacial score (nSPS) is 17.2. The zero-order chi connectivity index (χ0) is 19.8. The van der Waals surface area contributed by atoms with E-state index in [1.807, 2.05) is 42.6 Å². The first kappa shape index (κ1) is 19.5. The standard InChI is InChI=1S/C22H22BrClN2O2/c1-2-17(25)10-26-11-19(18-5-3-15(23)9-20(18)26)22(27)14-7-13-8-16(24)4-6-21(13)28-12-14/h3-6,8-9,11,14,17H,2,7,10,12,25H2,1H3/t14?,17-/m1/s1. The van der Waals surface area contributed by atoms with Crippen molar-refractivity contribution in [2.75, 3.05) is 6.61 Å². The predicted molar refractivity (Wildman–Crippen MR) is 116 cm³/mol. The molecule has 2 N–H and O–H groups in total. The van der Waals surface area contributed by atoms with Crippen molar-refractivity contribution in [3.63, 3.8) is 0 Å². The molecule has 2 aromatic carbocycles. The minimum Gasteiger partial charge on any atom is -0.493 e. The third-order valence-electron chi connectivity index (χ3n) is 5.37. The first-order chi connectivity index (χ1) is 13.5. The molecule has 4 nitrogen and oxygen atoms in total. The van der Waals surface area contributed by atoms with Crippen LogP contribution < -0.4 is 10.5 Å². The topological polar surface area (TPSA) is 57.2 Å². The molecule has 1 aromatic heterocycles. The van der Waals surface area contributed by atoms with E-state index in [0.717, 1.165) is 38.7 Å². The van der Waals surface area contributed by atoms with Crippen molar-refractivity contribution in [3.8, 4) is 5.75 Å². The Kier molecular flexibility index (Phi) is 5.50. The number of hydrogen-bond acceptors (Lipinski definition) is 3. The van der Waals surface area contributed by atoms with Crippen LogP contribution in [0.5, 0.6) is 5.75 Å². The van der Waals surface area contributed by atoms with Crippen molar-refractivity contribution < 1.29 is 9.53 Å². The van der Waals surface area contributed by atoms with Gasteiger partial charge >= 0.3 is 0 Å². The number of nitrogens with zero attached hydrogens (tertiary/aromatic N) is 1. The molecule has 0 amide bonds. The van der Waals surface area contributed by atoms with Crippen molar-refractivity contribution in [1.29, 1.82) is 0 Å². The smallest absolute Gasteiger partial charge is 0.171 e. The van der Waals surface area contributed by atoms with Gasteiger partial charge in [0.1, 0.15) is 5.75 Å². The van der Waals surface area contributed by atoms with Crippen LogP contribution in [0, 0.1) is 5.92 Å². The highest BCUT2D eigenvalue weighted by Crippen LogP contribution is 2.33. The quantitative estimate of drug-likeness (QED) is 0.529. The van der Waals surface area contributed by atoms with E-state index in [4.69, 9.17) is 22.1 Å². The number of carbonyl (C=O) groups is 1. The van der Waals surface area contributed by atoms with Crippen molar-refractivity contribution in [3.05, 3.63) is 63.2 Å². The zero-order valence-electron chi connectivity index (χ0n) is 15.6. The number of aromatic nitrogens is 1. The summed E-state index contributed by atoms with van der Waals surface area (Å²) in [5.74, 6) is 0.684. The van der Waals surface area contributed by atoms with E-state index in [1.54, 1.807) is 0 Å². The van der Waals surface area contributed by atoms with Gasteiger partial charge in [-0.25, -0.2) is 0 Å². The molecule has 6 heteroatoms. The maximum absolute atomic E-state index is 13.4. The van der Waals surface area contributed by atoms with E-state index < -0.39 is 0 Å². The van der Waals surface area contributed by atoms with Crippen molar-refractivity contribution in [1.82, 2.24) is 4.57 Å². The Morgan fingerprint density at radius 2 is 2.18 bits per heavy atom. The van der Waals surface area contributed by atoms with Crippen molar-refractivity contribution >= 4 is 44.2 Å². The number of rotatable bonds is 5. The van der Waals surface area contributed by atoms with E-state index in [0.29, 0.717) is 24.6 Å². The Labute approximate surface area is 177 Å². The maximum Gasteiger partial charge on any atom is 0.171 e. The molecule has 0 saturated heterocycles. The molecule has 2 heterocycles. The van der Waals surface area contributed by atoms with Gasteiger partial charge in [0.05, 0.1) is 12.5 Å². The van der Waals surface area contributed by atoms with Gasteiger partial charge in [-0.1, -0.05) is 40.5 Å². The average molecular weight is 462 g/mol. The number of ether oxygens (including phenoxy) is 1. The van der Waals surface area contributed by atoms with E-state index >= 15 is 0 Å². The molecule has 4 rings (SSSR count). The van der Waals surface area contributed by atoms with Gasteiger partial charge in [0, 0.05) is 44.7 Å². The lowest BCUT2D eigenvalue weighted by Crippen LogP contribution is -2.28. The molecule has 2 atom stereocenters.